The van der Waals surface area contributed by atoms with E-state index in [1.807, 2.05) is 13.8 Å². The van der Waals surface area contributed by atoms with E-state index >= 15 is 0 Å². The van der Waals surface area contributed by atoms with Crippen molar-refractivity contribution in [3.8, 4) is 0 Å². The van der Waals surface area contributed by atoms with Crippen molar-refractivity contribution in [1.82, 2.24) is 9.97 Å². The zero-order chi connectivity index (χ0) is 11.0. The highest BCUT2D eigenvalue weighted by molar-refractivity contribution is 6.34. The maximum Gasteiger partial charge on any atom is 0.143 e. The summed E-state index contributed by atoms with van der Waals surface area (Å²) in [4.78, 5) is 8.34. The molecule has 0 aliphatic carbocycles. The monoisotopic (exact) mass is 224 g/mol. The smallest absolute Gasteiger partial charge is 0.143 e. The average Bonchev–Trinajstić information content (AvgIpc) is 2.17. The predicted octanol–water partition coefficient (Wildman–Crippen LogP) is 3.55. The van der Waals surface area contributed by atoms with Crippen LogP contribution < -0.4 is 0 Å². The fourth-order valence-corrected chi connectivity index (χ4v) is 1.65. The molecule has 0 spiro atoms. The molecule has 1 heterocycles. The number of aromatic nitrogens is 2. The lowest BCUT2D eigenvalue weighted by Crippen LogP contribution is -1.99. The molecule has 78 valence electrons. The van der Waals surface area contributed by atoms with Gasteiger partial charge in [0, 0.05) is 5.92 Å². The summed E-state index contributed by atoms with van der Waals surface area (Å²) >= 11 is 5.92. The van der Waals surface area contributed by atoms with Gasteiger partial charge in [-0.25, -0.2) is 14.4 Å². The molecule has 0 fully saturated rings. The Balaban J connectivity index is 2.78. The van der Waals surface area contributed by atoms with Crippen molar-refractivity contribution >= 4 is 22.5 Å². The number of benzene rings is 1. The summed E-state index contributed by atoms with van der Waals surface area (Å²) in [5, 5.41) is 0.477. The molecule has 0 N–H and O–H groups in total. The second kappa shape index (κ2) is 3.74. The number of fused-ring (bicyclic) bond motifs is 1. The van der Waals surface area contributed by atoms with Crippen LogP contribution >= 0.6 is 11.6 Å². The SMILES string of the molecule is CC(C)c1nc(Cl)c2c(F)cccc2n1. The van der Waals surface area contributed by atoms with Crippen LogP contribution in [0.2, 0.25) is 5.15 Å². The molecular formula is C11H10ClFN2. The average molecular weight is 225 g/mol. The number of hydrogen-bond donors (Lipinski definition) is 0. The Bertz CT molecular complexity index is 511. The van der Waals surface area contributed by atoms with Gasteiger partial charge in [0.25, 0.3) is 0 Å². The molecule has 1 aromatic heterocycles. The van der Waals surface area contributed by atoms with Crippen LogP contribution in [0.25, 0.3) is 10.9 Å². The summed E-state index contributed by atoms with van der Waals surface area (Å²) in [7, 11) is 0. The fourth-order valence-electron chi connectivity index (χ4n) is 1.37. The molecular weight excluding hydrogens is 215 g/mol. The van der Waals surface area contributed by atoms with Crippen LogP contribution in [0.1, 0.15) is 25.6 Å². The van der Waals surface area contributed by atoms with Crippen LogP contribution in [0.15, 0.2) is 18.2 Å². The van der Waals surface area contributed by atoms with Crippen molar-refractivity contribution in [2.75, 3.05) is 0 Å². The topological polar surface area (TPSA) is 25.8 Å². The second-order valence-corrected chi connectivity index (χ2v) is 4.02. The highest BCUT2D eigenvalue weighted by Gasteiger charge is 2.11. The largest absolute Gasteiger partial charge is 0.232 e. The van der Waals surface area contributed by atoms with E-state index < -0.39 is 0 Å². The minimum Gasteiger partial charge on any atom is -0.232 e. The molecule has 0 aliphatic rings. The molecule has 0 radical (unpaired) electrons. The van der Waals surface area contributed by atoms with Gasteiger partial charge in [-0.2, -0.15) is 0 Å². The lowest BCUT2D eigenvalue weighted by Gasteiger charge is -2.06. The van der Waals surface area contributed by atoms with Gasteiger partial charge < -0.3 is 0 Å². The first kappa shape index (κ1) is 10.3. The zero-order valence-corrected chi connectivity index (χ0v) is 9.22. The second-order valence-electron chi connectivity index (χ2n) is 3.66. The highest BCUT2D eigenvalue weighted by Crippen LogP contribution is 2.25. The molecule has 2 rings (SSSR count). The normalized spacial score (nSPS) is 11.3. The van der Waals surface area contributed by atoms with Crippen LogP contribution in [0, 0.1) is 5.82 Å². The van der Waals surface area contributed by atoms with Crippen LogP contribution in [0.4, 0.5) is 4.39 Å². The Hall–Kier alpha value is -1.22. The third-order valence-corrected chi connectivity index (χ3v) is 2.44. The van der Waals surface area contributed by atoms with E-state index in [4.69, 9.17) is 11.6 Å². The van der Waals surface area contributed by atoms with Gasteiger partial charge in [0.15, 0.2) is 0 Å². The molecule has 0 aliphatic heterocycles. The van der Waals surface area contributed by atoms with E-state index in [0.29, 0.717) is 16.7 Å². The van der Waals surface area contributed by atoms with E-state index in [1.54, 1.807) is 12.1 Å². The molecule has 15 heavy (non-hydrogen) atoms. The van der Waals surface area contributed by atoms with E-state index in [9.17, 15) is 4.39 Å². The summed E-state index contributed by atoms with van der Waals surface area (Å²) in [6.07, 6.45) is 0. The van der Waals surface area contributed by atoms with Crippen molar-refractivity contribution in [2.45, 2.75) is 19.8 Å². The highest BCUT2D eigenvalue weighted by atomic mass is 35.5. The molecule has 4 heteroatoms. The molecule has 2 nitrogen and oxygen atoms in total. The Morgan fingerprint density at radius 3 is 2.67 bits per heavy atom. The van der Waals surface area contributed by atoms with Crippen molar-refractivity contribution in [3.05, 3.63) is 35.0 Å². The van der Waals surface area contributed by atoms with Crippen molar-refractivity contribution < 1.29 is 4.39 Å². The minimum absolute atomic E-state index is 0.176. The van der Waals surface area contributed by atoms with Crippen molar-refractivity contribution in [1.29, 1.82) is 0 Å². The van der Waals surface area contributed by atoms with Crippen LogP contribution in [-0.4, -0.2) is 9.97 Å². The quantitative estimate of drug-likeness (QED) is 0.693. The number of hydrogen-bond acceptors (Lipinski definition) is 2. The van der Waals surface area contributed by atoms with Crippen molar-refractivity contribution in [2.24, 2.45) is 0 Å². The molecule has 0 saturated carbocycles. The van der Waals surface area contributed by atoms with Gasteiger partial charge in [0.2, 0.25) is 0 Å². The van der Waals surface area contributed by atoms with Gasteiger partial charge in [-0.1, -0.05) is 31.5 Å². The summed E-state index contributed by atoms with van der Waals surface area (Å²) < 4.78 is 13.4. The summed E-state index contributed by atoms with van der Waals surface area (Å²) in [6.45, 7) is 3.94. The fraction of sp³-hybridized carbons (Fsp3) is 0.273. The third kappa shape index (κ3) is 1.79. The first-order valence-electron chi connectivity index (χ1n) is 4.71. The Morgan fingerprint density at radius 1 is 1.27 bits per heavy atom. The first-order valence-corrected chi connectivity index (χ1v) is 5.09. The van der Waals surface area contributed by atoms with Crippen molar-refractivity contribution in [3.63, 3.8) is 0 Å². The summed E-state index contributed by atoms with van der Waals surface area (Å²) in [5.41, 5.74) is 0.554. The van der Waals surface area contributed by atoms with Crippen LogP contribution in [-0.2, 0) is 0 Å². The molecule has 1 aromatic carbocycles. The van der Waals surface area contributed by atoms with Gasteiger partial charge in [0.1, 0.15) is 16.8 Å². The van der Waals surface area contributed by atoms with Crippen LogP contribution in [0.5, 0.6) is 0 Å². The summed E-state index contributed by atoms with van der Waals surface area (Å²) in [5.74, 6) is 0.432. The molecule has 0 atom stereocenters. The van der Waals surface area contributed by atoms with E-state index in [-0.39, 0.29) is 16.9 Å². The van der Waals surface area contributed by atoms with Gasteiger partial charge >= 0.3 is 0 Å². The number of halogens is 2. The molecule has 0 saturated heterocycles. The van der Waals surface area contributed by atoms with Gasteiger partial charge in [-0.05, 0) is 12.1 Å². The van der Waals surface area contributed by atoms with E-state index in [2.05, 4.69) is 9.97 Å². The standard InChI is InChI=1S/C11H10ClFN2/c1-6(2)11-14-8-5-3-4-7(13)9(8)10(12)15-11/h3-6H,1-2H3. The number of nitrogens with zero attached hydrogens (tertiary/aromatic N) is 2. The minimum atomic E-state index is -0.382. The first-order chi connectivity index (χ1) is 7.09. The Kier molecular flexibility index (Phi) is 2.57. The molecule has 0 unspecified atom stereocenters. The molecule has 0 amide bonds. The maximum absolute atomic E-state index is 13.4. The van der Waals surface area contributed by atoms with Gasteiger partial charge in [-0.3, -0.25) is 0 Å². The number of rotatable bonds is 1. The zero-order valence-electron chi connectivity index (χ0n) is 8.46. The molecule has 0 bridgehead atoms. The van der Waals surface area contributed by atoms with Crippen LogP contribution in [0.3, 0.4) is 0 Å². The Morgan fingerprint density at radius 2 is 2.00 bits per heavy atom. The Labute approximate surface area is 92.1 Å². The van der Waals surface area contributed by atoms with Gasteiger partial charge in [-0.15, -0.1) is 0 Å². The van der Waals surface area contributed by atoms with Gasteiger partial charge in [0.05, 0.1) is 10.9 Å². The predicted molar refractivity (Wildman–Crippen MR) is 58.6 cm³/mol. The lowest BCUT2D eigenvalue weighted by atomic mass is 10.2. The van der Waals surface area contributed by atoms with E-state index in [1.165, 1.54) is 6.07 Å². The maximum atomic E-state index is 13.4. The summed E-state index contributed by atoms with van der Waals surface area (Å²) in [6, 6.07) is 4.70. The lowest BCUT2D eigenvalue weighted by molar-refractivity contribution is 0.638. The van der Waals surface area contributed by atoms with E-state index in [0.717, 1.165) is 0 Å². The third-order valence-electron chi connectivity index (χ3n) is 2.16. The molecule has 2 aromatic rings.